The van der Waals surface area contributed by atoms with E-state index in [1.165, 1.54) is 11.1 Å². The maximum absolute atomic E-state index is 4.80. The van der Waals surface area contributed by atoms with E-state index in [4.69, 9.17) is 4.98 Å². The Bertz CT molecular complexity index is 595. The zero-order valence-corrected chi connectivity index (χ0v) is 12.7. The molecule has 0 amide bonds. The third kappa shape index (κ3) is 2.65. The van der Waals surface area contributed by atoms with Crippen molar-refractivity contribution < 1.29 is 0 Å². The van der Waals surface area contributed by atoms with Gasteiger partial charge in [-0.1, -0.05) is 20.8 Å². The maximum Gasteiger partial charge on any atom is 0.0727 e. The Balaban J connectivity index is 2.70. The quantitative estimate of drug-likeness (QED) is 0.890. The van der Waals surface area contributed by atoms with Gasteiger partial charge in [0.2, 0.25) is 0 Å². The first-order valence-electron chi connectivity index (χ1n) is 6.63. The van der Waals surface area contributed by atoms with Crippen LogP contribution < -0.4 is 10.2 Å². The lowest BCUT2D eigenvalue weighted by molar-refractivity contribution is 0.572. The number of nitrogens with one attached hydrogen (secondary N) is 1. The lowest BCUT2D eigenvalue weighted by Crippen LogP contribution is -2.14. The molecule has 1 heterocycles. The fourth-order valence-corrected chi connectivity index (χ4v) is 2.08. The Labute approximate surface area is 115 Å². The summed E-state index contributed by atoms with van der Waals surface area (Å²) in [5.41, 5.74) is 4.54. The number of nitrogens with zero attached hydrogens (tertiary/aromatic N) is 2. The molecule has 0 aliphatic heterocycles. The molecule has 0 aliphatic rings. The van der Waals surface area contributed by atoms with E-state index in [2.05, 4.69) is 69.3 Å². The Kier molecular flexibility index (Phi) is 3.40. The fourth-order valence-electron chi connectivity index (χ4n) is 2.08. The van der Waals surface area contributed by atoms with Gasteiger partial charge >= 0.3 is 0 Å². The highest BCUT2D eigenvalue weighted by molar-refractivity contribution is 5.94. The van der Waals surface area contributed by atoms with Crippen LogP contribution in [-0.4, -0.2) is 26.1 Å². The lowest BCUT2D eigenvalue weighted by Gasteiger charge is -2.21. The molecule has 3 nitrogen and oxygen atoms in total. The van der Waals surface area contributed by atoms with Crippen molar-refractivity contribution in [3.05, 3.63) is 30.0 Å². The zero-order chi connectivity index (χ0) is 14.2. The van der Waals surface area contributed by atoms with Crippen molar-refractivity contribution in [3.8, 4) is 0 Å². The molecule has 2 aromatic rings. The van der Waals surface area contributed by atoms with Gasteiger partial charge in [-0.15, -0.1) is 0 Å². The largest absolute Gasteiger partial charge is 0.388 e. The van der Waals surface area contributed by atoms with Gasteiger partial charge in [-0.2, -0.15) is 0 Å². The standard InChI is InChI=1S/C16H23N3/c1-16(2,3)15-10-14(17-4)12-9-11(19(5)6)7-8-13(12)18-15/h7-10H,1-6H3,(H,17,18). The van der Waals surface area contributed by atoms with Crippen LogP contribution >= 0.6 is 0 Å². The van der Waals surface area contributed by atoms with Gasteiger partial charge in [-0.25, -0.2) is 0 Å². The highest BCUT2D eigenvalue weighted by atomic mass is 15.1. The van der Waals surface area contributed by atoms with Crippen LogP contribution in [0.2, 0.25) is 0 Å². The number of fused-ring (bicyclic) bond motifs is 1. The average Bonchev–Trinajstić information content (AvgIpc) is 2.35. The molecule has 2 rings (SSSR count). The van der Waals surface area contributed by atoms with Crippen molar-refractivity contribution in [2.45, 2.75) is 26.2 Å². The second-order valence-corrected chi connectivity index (χ2v) is 6.15. The van der Waals surface area contributed by atoms with Gasteiger partial charge in [0.05, 0.1) is 5.52 Å². The Hall–Kier alpha value is -1.77. The van der Waals surface area contributed by atoms with Crippen molar-refractivity contribution in [2.75, 3.05) is 31.4 Å². The van der Waals surface area contributed by atoms with Crippen LogP contribution in [0.1, 0.15) is 26.5 Å². The predicted molar refractivity (Wildman–Crippen MR) is 84.3 cm³/mol. The minimum atomic E-state index is 0.0556. The summed E-state index contributed by atoms with van der Waals surface area (Å²) >= 11 is 0. The minimum Gasteiger partial charge on any atom is -0.388 e. The van der Waals surface area contributed by atoms with Gasteiger partial charge in [0.1, 0.15) is 0 Å². The maximum atomic E-state index is 4.80. The number of pyridine rings is 1. The monoisotopic (exact) mass is 257 g/mol. The van der Waals surface area contributed by atoms with Gasteiger partial charge in [0.25, 0.3) is 0 Å². The van der Waals surface area contributed by atoms with Crippen molar-refractivity contribution in [3.63, 3.8) is 0 Å². The van der Waals surface area contributed by atoms with Gasteiger partial charge in [-0.05, 0) is 24.3 Å². The second-order valence-electron chi connectivity index (χ2n) is 6.15. The van der Waals surface area contributed by atoms with E-state index in [0.29, 0.717) is 0 Å². The Morgan fingerprint density at radius 2 is 1.79 bits per heavy atom. The smallest absolute Gasteiger partial charge is 0.0727 e. The molecule has 0 saturated carbocycles. The number of hydrogen-bond donors (Lipinski definition) is 1. The molecule has 0 radical (unpaired) electrons. The third-order valence-electron chi connectivity index (χ3n) is 3.35. The van der Waals surface area contributed by atoms with E-state index in [0.717, 1.165) is 16.9 Å². The van der Waals surface area contributed by atoms with Gasteiger partial charge in [0.15, 0.2) is 0 Å². The predicted octanol–water partition coefficient (Wildman–Crippen LogP) is 3.64. The highest BCUT2D eigenvalue weighted by Crippen LogP contribution is 2.31. The molecule has 19 heavy (non-hydrogen) atoms. The average molecular weight is 257 g/mol. The summed E-state index contributed by atoms with van der Waals surface area (Å²) in [5.74, 6) is 0. The van der Waals surface area contributed by atoms with Crippen LogP contribution in [0.4, 0.5) is 11.4 Å². The SMILES string of the molecule is CNc1cc(C(C)(C)C)nc2ccc(N(C)C)cc12. The van der Waals surface area contributed by atoms with E-state index in [1.54, 1.807) is 0 Å². The molecular weight excluding hydrogens is 234 g/mol. The van der Waals surface area contributed by atoms with Gasteiger partial charge in [-0.3, -0.25) is 4.98 Å². The molecule has 0 fully saturated rings. The topological polar surface area (TPSA) is 28.2 Å². The van der Waals surface area contributed by atoms with E-state index >= 15 is 0 Å². The van der Waals surface area contributed by atoms with Crippen molar-refractivity contribution in [1.29, 1.82) is 0 Å². The summed E-state index contributed by atoms with van der Waals surface area (Å²) in [6.45, 7) is 6.57. The van der Waals surface area contributed by atoms with Crippen LogP contribution in [0.3, 0.4) is 0 Å². The number of aromatic nitrogens is 1. The van der Waals surface area contributed by atoms with Gasteiger partial charge < -0.3 is 10.2 Å². The minimum absolute atomic E-state index is 0.0556. The van der Waals surface area contributed by atoms with E-state index in [9.17, 15) is 0 Å². The highest BCUT2D eigenvalue weighted by Gasteiger charge is 2.17. The molecule has 0 bridgehead atoms. The molecular formula is C16H23N3. The van der Waals surface area contributed by atoms with Crippen molar-refractivity contribution in [2.24, 2.45) is 0 Å². The molecule has 0 aliphatic carbocycles. The molecule has 1 aromatic carbocycles. The van der Waals surface area contributed by atoms with Crippen molar-refractivity contribution in [1.82, 2.24) is 4.98 Å². The van der Waals surface area contributed by atoms with Crippen LogP contribution in [0.15, 0.2) is 24.3 Å². The summed E-state index contributed by atoms with van der Waals surface area (Å²) in [7, 11) is 6.07. The van der Waals surface area contributed by atoms with Gasteiger partial charge in [0, 0.05) is 49.0 Å². The molecule has 1 aromatic heterocycles. The molecule has 1 N–H and O–H groups in total. The number of hydrogen-bond acceptors (Lipinski definition) is 3. The molecule has 0 saturated heterocycles. The first-order chi connectivity index (χ1) is 8.82. The molecule has 0 atom stereocenters. The number of anilines is 2. The van der Waals surface area contributed by atoms with Crippen molar-refractivity contribution >= 4 is 22.3 Å². The van der Waals surface area contributed by atoms with Crippen LogP contribution in [0.5, 0.6) is 0 Å². The first-order valence-corrected chi connectivity index (χ1v) is 6.63. The normalized spacial score (nSPS) is 11.7. The Morgan fingerprint density at radius 3 is 2.32 bits per heavy atom. The molecule has 0 unspecified atom stereocenters. The van der Waals surface area contributed by atoms with E-state index in [1.807, 2.05) is 7.05 Å². The molecule has 3 heteroatoms. The fraction of sp³-hybridized carbons (Fsp3) is 0.438. The van der Waals surface area contributed by atoms with E-state index < -0.39 is 0 Å². The van der Waals surface area contributed by atoms with Crippen LogP contribution in [0.25, 0.3) is 10.9 Å². The van der Waals surface area contributed by atoms with E-state index in [-0.39, 0.29) is 5.41 Å². The summed E-state index contributed by atoms with van der Waals surface area (Å²) in [6.07, 6.45) is 0. The molecule has 0 spiro atoms. The van der Waals surface area contributed by atoms with Crippen LogP contribution in [0, 0.1) is 0 Å². The summed E-state index contributed by atoms with van der Waals surface area (Å²) < 4.78 is 0. The summed E-state index contributed by atoms with van der Waals surface area (Å²) in [6, 6.07) is 8.55. The first kappa shape index (κ1) is 13.7. The lowest BCUT2D eigenvalue weighted by atomic mass is 9.90. The number of benzene rings is 1. The Morgan fingerprint density at radius 1 is 1.11 bits per heavy atom. The second kappa shape index (κ2) is 4.72. The summed E-state index contributed by atoms with van der Waals surface area (Å²) in [4.78, 5) is 6.90. The van der Waals surface area contributed by atoms with Crippen LogP contribution in [-0.2, 0) is 5.41 Å². The number of rotatable bonds is 2. The zero-order valence-electron chi connectivity index (χ0n) is 12.7. The summed E-state index contributed by atoms with van der Waals surface area (Å²) in [5, 5.41) is 4.46. The third-order valence-corrected chi connectivity index (χ3v) is 3.35. The molecule has 102 valence electrons.